The number of carbonyl (C=O) groups excluding carboxylic acids is 1. The topological polar surface area (TPSA) is 76.4 Å². The van der Waals surface area contributed by atoms with Gasteiger partial charge in [0.1, 0.15) is 5.76 Å². The molecule has 20 heavy (non-hydrogen) atoms. The Labute approximate surface area is 117 Å². The van der Waals surface area contributed by atoms with Crippen LogP contribution in [-0.2, 0) is 16.4 Å². The number of rotatable bonds is 4. The van der Waals surface area contributed by atoms with Crippen molar-refractivity contribution in [3.05, 3.63) is 53.5 Å². The van der Waals surface area contributed by atoms with Crippen molar-refractivity contribution in [3.63, 3.8) is 0 Å². The van der Waals surface area contributed by atoms with Crippen molar-refractivity contribution < 1.29 is 17.6 Å². The van der Waals surface area contributed by atoms with Crippen LogP contribution in [0.25, 0.3) is 0 Å². The Morgan fingerprint density at radius 2 is 2.05 bits per heavy atom. The molecule has 5 nitrogen and oxygen atoms in total. The first-order valence-corrected chi connectivity index (χ1v) is 7.88. The molecule has 1 aromatic heterocycles. The number of carbonyl (C=O) groups is 1. The first kappa shape index (κ1) is 14.3. The predicted molar refractivity (Wildman–Crippen MR) is 74.2 cm³/mol. The first-order valence-electron chi connectivity index (χ1n) is 5.99. The van der Waals surface area contributed by atoms with E-state index < -0.39 is 9.84 Å². The predicted octanol–water partition coefficient (Wildman–Crippen LogP) is 1.92. The Kier molecular flexibility index (Phi) is 3.94. The van der Waals surface area contributed by atoms with E-state index in [1.54, 1.807) is 31.2 Å². The summed E-state index contributed by atoms with van der Waals surface area (Å²) in [6.07, 6.45) is 2.65. The van der Waals surface area contributed by atoms with Gasteiger partial charge in [0.2, 0.25) is 0 Å². The summed E-state index contributed by atoms with van der Waals surface area (Å²) >= 11 is 0. The second kappa shape index (κ2) is 5.50. The molecular formula is C14H15NO4S. The maximum Gasteiger partial charge on any atom is 0.251 e. The van der Waals surface area contributed by atoms with E-state index in [1.807, 2.05) is 0 Å². The van der Waals surface area contributed by atoms with Crippen LogP contribution in [0.1, 0.15) is 21.7 Å². The molecule has 0 saturated heterocycles. The summed E-state index contributed by atoms with van der Waals surface area (Å²) in [6.45, 7) is 1.95. The molecule has 0 fully saturated rings. The Hall–Kier alpha value is -2.08. The number of hydrogen-bond acceptors (Lipinski definition) is 4. The molecule has 1 amide bonds. The molecule has 0 aliphatic rings. The molecule has 0 unspecified atom stereocenters. The normalized spacial score (nSPS) is 11.3. The van der Waals surface area contributed by atoms with Gasteiger partial charge in [0.05, 0.1) is 17.7 Å². The van der Waals surface area contributed by atoms with Crippen LogP contribution in [-0.4, -0.2) is 20.6 Å². The zero-order valence-corrected chi connectivity index (χ0v) is 12.0. The monoisotopic (exact) mass is 293 g/mol. The minimum absolute atomic E-state index is 0.170. The third kappa shape index (κ3) is 3.27. The Morgan fingerprint density at radius 3 is 2.65 bits per heavy atom. The highest BCUT2D eigenvalue weighted by molar-refractivity contribution is 7.90. The van der Waals surface area contributed by atoms with Crippen LogP contribution in [0.2, 0.25) is 0 Å². The van der Waals surface area contributed by atoms with Crippen LogP contribution in [0, 0.1) is 6.92 Å². The van der Waals surface area contributed by atoms with Crippen molar-refractivity contribution in [2.75, 3.05) is 6.26 Å². The van der Waals surface area contributed by atoms with E-state index in [0.29, 0.717) is 16.9 Å². The number of aryl methyl sites for hydroxylation is 1. The molecular weight excluding hydrogens is 278 g/mol. The molecule has 0 spiro atoms. The highest BCUT2D eigenvalue weighted by Crippen LogP contribution is 2.17. The number of furan rings is 1. The minimum atomic E-state index is -3.35. The Balaban J connectivity index is 2.18. The fourth-order valence-corrected chi connectivity index (χ4v) is 2.82. The zero-order valence-electron chi connectivity index (χ0n) is 11.2. The lowest BCUT2D eigenvalue weighted by Gasteiger charge is -2.07. The molecule has 0 aliphatic heterocycles. The third-order valence-corrected chi connectivity index (χ3v) is 4.09. The van der Waals surface area contributed by atoms with Gasteiger partial charge in [0.25, 0.3) is 5.91 Å². The highest BCUT2D eigenvalue weighted by Gasteiger charge is 2.14. The lowest BCUT2D eigenvalue weighted by molar-refractivity contribution is 0.0948. The molecule has 1 N–H and O–H groups in total. The maximum atomic E-state index is 12.0. The van der Waals surface area contributed by atoms with E-state index in [-0.39, 0.29) is 17.3 Å². The van der Waals surface area contributed by atoms with Crippen LogP contribution >= 0.6 is 0 Å². The summed E-state index contributed by atoms with van der Waals surface area (Å²) in [4.78, 5) is 12.2. The summed E-state index contributed by atoms with van der Waals surface area (Å²) < 4.78 is 28.4. The number of hydrogen-bond donors (Lipinski definition) is 1. The lowest BCUT2D eigenvalue weighted by atomic mass is 10.1. The van der Waals surface area contributed by atoms with E-state index in [0.717, 1.165) is 6.26 Å². The van der Waals surface area contributed by atoms with Crippen LogP contribution < -0.4 is 5.32 Å². The SMILES string of the molecule is Cc1ccc(C(=O)NCc2ccco2)cc1S(C)(=O)=O. The van der Waals surface area contributed by atoms with Gasteiger partial charge in [-0.3, -0.25) is 4.79 Å². The van der Waals surface area contributed by atoms with Crippen LogP contribution in [0.3, 0.4) is 0 Å². The Morgan fingerprint density at radius 1 is 1.30 bits per heavy atom. The van der Waals surface area contributed by atoms with Crippen LogP contribution in [0.15, 0.2) is 45.9 Å². The van der Waals surface area contributed by atoms with Gasteiger partial charge in [-0.05, 0) is 36.8 Å². The highest BCUT2D eigenvalue weighted by atomic mass is 32.2. The number of nitrogens with one attached hydrogen (secondary N) is 1. The molecule has 106 valence electrons. The third-order valence-electron chi connectivity index (χ3n) is 2.85. The van der Waals surface area contributed by atoms with Crippen LogP contribution in [0.5, 0.6) is 0 Å². The maximum absolute atomic E-state index is 12.0. The lowest BCUT2D eigenvalue weighted by Crippen LogP contribution is -2.22. The molecule has 1 aromatic carbocycles. The second-order valence-electron chi connectivity index (χ2n) is 4.51. The smallest absolute Gasteiger partial charge is 0.251 e. The van der Waals surface area contributed by atoms with Crippen molar-refractivity contribution in [3.8, 4) is 0 Å². The summed E-state index contributed by atoms with van der Waals surface area (Å²) in [5.74, 6) is 0.292. The van der Waals surface area contributed by atoms with Gasteiger partial charge < -0.3 is 9.73 Å². The van der Waals surface area contributed by atoms with Crippen molar-refractivity contribution in [1.82, 2.24) is 5.32 Å². The average Bonchev–Trinajstić information content (AvgIpc) is 2.88. The van der Waals surface area contributed by atoms with E-state index in [2.05, 4.69) is 5.32 Å². The minimum Gasteiger partial charge on any atom is -0.467 e. The molecule has 0 radical (unpaired) electrons. The number of sulfone groups is 1. The van der Waals surface area contributed by atoms with Gasteiger partial charge in [-0.25, -0.2) is 8.42 Å². The van der Waals surface area contributed by atoms with E-state index in [4.69, 9.17) is 4.42 Å². The van der Waals surface area contributed by atoms with Gasteiger partial charge in [-0.2, -0.15) is 0 Å². The van der Waals surface area contributed by atoms with Crippen molar-refractivity contribution in [2.24, 2.45) is 0 Å². The summed E-state index contributed by atoms with van der Waals surface area (Å²) in [5.41, 5.74) is 0.928. The van der Waals surface area contributed by atoms with Crippen molar-refractivity contribution in [2.45, 2.75) is 18.4 Å². The molecule has 6 heteroatoms. The fourth-order valence-electron chi connectivity index (χ4n) is 1.82. The number of amides is 1. The van der Waals surface area contributed by atoms with Crippen LogP contribution in [0.4, 0.5) is 0 Å². The fraction of sp³-hybridized carbons (Fsp3) is 0.214. The molecule has 0 saturated carbocycles. The average molecular weight is 293 g/mol. The summed E-state index contributed by atoms with van der Waals surface area (Å²) in [7, 11) is -3.35. The molecule has 0 atom stereocenters. The summed E-state index contributed by atoms with van der Waals surface area (Å²) in [5, 5.41) is 2.67. The van der Waals surface area contributed by atoms with Crippen molar-refractivity contribution >= 4 is 15.7 Å². The molecule has 1 heterocycles. The summed E-state index contributed by atoms with van der Waals surface area (Å²) in [6, 6.07) is 8.09. The van der Waals surface area contributed by atoms with Gasteiger partial charge >= 0.3 is 0 Å². The van der Waals surface area contributed by atoms with E-state index >= 15 is 0 Å². The molecule has 0 aliphatic carbocycles. The van der Waals surface area contributed by atoms with E-state index in [9.17, 15) is 13.2 Å². The first-order chi connectivity index (χ1) is 9.38. The van der Waals surface area contributed by atoms with Gasteiger partial charge in [0, 0.05) is 11.8 Å². The zero-order chi connectivity index (χ0) is 14.8. The Bertz CT molecular complexity index is 718. The van der Waals surface area contributed by atoms with E-state index in [1.165, 1.54) is 12.3 Å². The van der Waals surface area contributed by atoms with Gasteiger partial charge in [-0.15, -0.1) is 0 Å². The largest absolute Gasteiger partial charge is 0.467 e. The molecule has 0 bridgehead atoms. The molecule has 2 aromatic rings. The second-order valence-corrected chi connectivity index (χ2v) is 6.50. The quantitative estimate of drug-likeness (QED) is 0.934. The van der Waals surface area contributed by atoms with Gasteiger partial charge in [0.15, 0.2) is 9.84 Å². The van der Waals surface area contributed by atoms with Gasteiger partial charge in [-0.1, -0.05) is 6.07 Å². The molecule has 2 rings (SSSR count). The van der Waals surface area contributed by atoms with Crippen molar-refractivity contribution in [1.29, 1.82) is 0 Å². The standard InChI is InChI=1S/C14H15NO4S/c1-10-5-6-11(8-13(10)20(2,17)18)14(16)15-9-12-4-3-7-19-12/h3-8H,9H2,1-2H3,(H,15,16). The number of benzene rings is 1.